The number of rotatable bonds is 5. The largest absolute Gasteiger partial charge is 0.466 e. The van der Waals surface area contributed by atoms with Crippen LogP contribution in [0.5, 0.6) is 0 Å². The molecule has 0 saturated carbocycles. The molecule has 1 aromatic carbocycles. The molecular weight excluding hydrogens is 334 g/mol. The minimum atomic E-state index is -1.39. The highest BCUT2D eigenvalue weighted by Crippen LogP contribution is 2.32. The number of carbonyl (C=O) groups is 1. The van der Waals surface area contributed by atoms with E-state index in [2.05, 4.69) is 5.32 Å². The van der Waals surface area contributed by atoms with Crippen LogP contribution in [0.4, 0.5) is 0 Å². The first kappa shape index (κ1) is 17.5. The first-order valence-electron chi connectivity index (χ1n) is 8.08. The van der Waals surface area contributed by atoms with Gasteiger partial charge in [-0.05, 0) is 55.5 Å². The van der Waals surface area contributed by atoms with Gasteiger partial charge in [0.2, 0.25) is 0 Å². The lowest BCUT2D eigenvalue weighted by atomic mass is 9.96. The van der Waals surface area contributed by atoms with Crippen LogP contribution in [0, 0.1) is 20.8 Å². The third kappa shape index (κ3) is 3.38. The van der Waals surface area contributed by atoms with Gasteiger partial charge in [0.15, 0.2) is 5.60 Å². The van der Waals surface area contributed by atoms with Crippen LogP contribution in [0.2, 0.25) is 0 Å². The number of aryl methyl sites for hydroxylation is 3. The molecule has 2 N–H and O–H groups in total. The average Bonchev–Trinajstić information content (AvgIpc) is 3.24. The van der Waals surface area contributed by atoms with Crippen molar-refractivity contribution in [3.8, 4) is 0 Å². The third-order valence-electron chi connectivity index (χ3n) is 4.27. The average molecular weight is 355 g/mol. The molecule has 5 heteroatoms. The molecule has 0 bridgehead atoms. The molecule has 0 aliphatic rings. The van der Waals surface area contributed by atoms with E-state index in [1.165, 1.54) is 17.6 Å². The number of hydrogen-bond donors (Lipinski definition) is 2. The van der Waals surface area contributed by atoms with Gasteiger partial charge in [0.1, 0.15) is 5.76 Å². The van der Waals surface area contributed by atoms with E-state index in [0.717, 1.165) is 21.6 Å². The van der Waals surface area contributed by atoms with Crippen LogP contribution < -0.4 is 5.32 Å². The van der Waals surface area contributed by atoms with Gasteiger partial charge in [0, 0.05) is 10.4 Å². The van der Waals surface area contributed by atoms with Crippen molar-refractivity contribution in [2.75, 3.05) is 6.54 Å². The van der Waals surface area contributed by atoms with E-state index >= 15 is 0 Å². The Morgan fingerprint density at radius 1 is 1.20 bits per heavy atom. The third-order valence-corrected chi connectivity index (χ3v) is 5.29. The maximum atomic E-state index is 12.7. The second kappa shape index (κ2) is 6.86. The van der Waals surface area contributed by atoms with Crippen LogP contribution in [-0.4, -0.2) is 17.6 Å². The van der Waals surface area contributed by atoms with E-state index in [9.17, 15) is 9.90 Å². The highest BCUT2D eigenvalue weighted by atomic mass is 32.1. The van der Waals surface area contributed by atoms with Gasteiger partial charge in [-0.3, -0.25) is 4.79 Å². The van der Waals surface area contributed by atoms with Gasteiger partial charge >= 0.3 is 0 Å². The van der Waals surface area contributed by atoms with Gasteiger partial charge in [-0.25, -0.2) is 0 Å². The van der Waals surface area contributed by atoms with E-state index < -0.39 is 5.60 Å². The molecule has 0 radical (unpaired) electrons. The number of amides is 1. The van der Waals surface area contributed by atoms with Gasteiger partial charge < -0.3 is 14.8 Å². The minimum Gasteiger partial charge on any atom is -0.466 e. The number of aliphatic hydroxyl groups is 1. The van der Waals surface area contributed by atoms with Crippen LogP contribution in [-0.2, 0) is 5.60 Å². The predicted molar refractivity (Wildman–Crippen MR) is 99.0 cm³/mol. The van der Waals surface area contributed by atoms with Gasteiger partial charge in [-0.2, -0.15) is 0 Å². The maximum absolute atomic E-state index is 12.7. The number of benzene rings is 1. The summed E-state index contributed by atoms with van der Waals surface area (Å²) in [6.07, 6.45) is 1.52. The first-order chi connectivity index (χ1) is 11.9. The Kier molecular flexibility index (Phi) is 4.79. The summed E-state index contributed by atoms with van der Waals surface area (Å²) in [6, 6.07) is 11.1. The summed E-state index contributed by atoms with van der Waals surface area (Å²) < 4.78 is 5.43. The van der Waals surface area contributed by atoms with Gasteiger partial charge in [0.25, 0.3) is 5.91 Å². The van der Waals surface area contributed by atoms with Gasteiger partial charge in [0.05, 0.1) is 12.8 Å². The van der Waals surface area contributed by atoms with Crippen LogP contribution >= 0.6 is 11.3 Å². The Labute approximate surface area is 151 Å². The summed E-state index contributed by atoms with van der Waals surface area (Å²) in [4.78, 5) is 13.5. The summed E-state index contributed by atoms with van der Waals surface area (Å²) in [5.41, 5.74) is 2.23. The summed E-state index contributed by atoms with van der Waals surface area (Å²) >= 11 is 1.42. The fourth-order valence-electron chi connectivity index (χ4n) is 3.16. The Balaban J connectivity index is 1.87. The minimum absolute atomic E-state index is 0.0343. The van der Waals surface area contributed by atoms with E-state index in [-0.39, 0.29) is 12.5 Å². The lowest BCUT2D eigenvalue weighted by Gasteiger charge is -2.25. The van der Waals surface area contributed by atoms with Crippen molar-refractivity contribution in [2.24, 2.45) is 0 Å². The van der Waals surface area contributed by atoms with Crippen molar-refractivity contribution < 1.29 is 14.3 Å². The number of carbonyl (C=O) groups excluding carboxylic acids is 1. The molecule has 1 unspecified atom stereocenters. The summed E-state index contributed by atoms with van der Waals surface area (Å²) in [5, 5.41) is 16.0. The molecule has 2 heterocycles. The SMILES string of the molecule is Cc1cc(C)c(C(=O)NCC(O)(c2ccco2)c2cccs2)c(C)c1. The first-order valence-corrected chi connectivity index (χ1v) is 8.96. The number of thiophene rings is 1. The Morgan fingerprint density at radius 2 is 1.92 bits per heavy atom. The zero-order valence-electron chi connectivity index (χ0n) is 14.5. The molecule has 0 fully saturated rings. The fourth-order valence-corrected chi connectivity index (χ4v) is 3.99. The van der Waals surface area contributed by atoms with Crippen LogP contribution in [0.1, 0.15) is 37.7 Å². The molecule has 2 aromatic heterocycles. The predicted octanol–water partition coefficient (Wildman–Crippen LogP) is 3.93. The molecule has 0 aliphatic carbocycles. The molecule has 130 valence electrons. The molecule has 1 atom stereocenters. The summed E-state index contributed by atoms with van der Waals surface area (Å²) in [6.45, 7) is 5.89. The van der Waals surface area contributed by atoms with Crippen molar-refractivity contribution in [2.45, 2.75) is 26.4 Å². The molecule has 4 nitrogen and oxygen atoms in total. The molecule has 25 heavy (non-hydrogen) atoms. The normalized spacial score (nSPS) is 13.4. The smallest absolute Gasteiger partial charge is 0.251 e. The zero-order chi connectivity index (χ0) is 18.0. The summed E-state index contributed by atoms with van der Waals surface area (Å²) in [7, 11) is 0. The number of nitrogens with one attached hydrogen (secondary N) is 1. The second-order valence-corrected chi connectivity index (χ2v) is 7.22. The fraction of sp³-hybridized carbons (Fsp3) is 0.250. The highest BCUT2D eigenvalue weighted by Gasteiger charge is 2.36. The van der Waals surface area contributed by atoms with E-state index in [1.807, 2.05) is 50.4 Å². The van der Waals surface area contributed by atoms with Crippen molar-refractivity contribution in [1.29, 1.82) is 0 Å². The second-order valence-electron chi connectivity index (χ2n) is 6.27. The topological polar surface area (TPSA) is 62.5 Å². The van der Waals surface area contributed by atoms with Crippen LogP contribution in [0.3, 0.4) is 0 Å². The molecular formula is C20H21NO3S. The lowest BCUT2D eigenvalue weighted by Crippen LogP contribution is -2.41. The van der Waals surface area contributed by atoms with Gasteiger partial charge in [-0.15, -0.1) is 11.3 Å². The standard InChI is InChI=1S/C20H21NO3S/c1-13-10-14(2)18(15(3)11-13)19(22)21-12-20(23,16-6-4-8-24-16)17-7-5-9-25-17/h4-11,23H,12H2,1-3H3,(H,21,22). The number of furan rings is 1. The molecule has 0 spiro atoms. The number of hydrogen-bond acceptors (Lipinski definition) is 4. The van der Waals surface area contributed by atoms with Crippen molar-refractivity contribution in [3.63, 3.8) is 0 Å². The molecule has 0 aliphatic heterocycles. The molecule has 0 saturated heterocycles. The molecule has 1 amide bonds. The van der Waals surface area contributed by atoms with E-state index in [4.69, 9.17) is 4.42 Å². The maximum Gasteiger partial charge on any atom is 0.251 e. The monoisotopic (exact) mass is 355 g/mol. The molecule has 3 rings (SSSR count). The van der Waals surface area contributed by atoms with E-state index in [1.54, 1.807) is 12.1 Å². The van der Waals surface area contributed by atoms with Gasteiger partial charge in [-0.1, -0.05) is 23.8 Å². The zero-order valence-corrected chi connectivity index (χ0v) is 15.3. The lowest BCUT2D eigenvalue weighted by molar-refractivity contribution is 0.0554. The Bertz CT molecular complexity index is 809. The quantitative estimate of drug-likeness (QED) is 0.729. The van der Waals surface area contributed by atoms with Crippen molar-refractivity contribution >= 4 is 17.2 Å². The van der Waals surface area contributed by atoms with Crippen molar-refractivity contribution in [3.05, 3.63) is 80.9 Å². The van der Waals surface area contributed by atoms with Crippen molar-refractivity contribution in [1.82, 2.24) is 5.32 Å². The Morgan fingerprint density at radius 3 is 2.48 bits per heavy atom. The highest BCUT2D eigenvalue weighted by molar-refractivity contribution is 7.10. The molecule has 3 aromatic rings. The van der Waals surface area contributed by atoms with Crippen LogP contribution in [0.15, 0.2) is 52.5 Å². The van der Waals surface area contributed by atoms with E-state index in [0.29, 0.717) is 11.3 Å². The summed E-state index contributed by atoms with van der Waals surface area (Å²) in [5.74, 6) is 0.212. The van der Waals surface area contributed by atoms with Crippen LogP contribution in [0.25, 0.3) is 0 Å². The Hall–Kier alpha value is -2.37.